The molecule has 3 nitrogen and oxygen atoms in total. The van der Waals surface area contributed by atoms with Crippen molar-refractivity contribution in [3.8, 4) is 16.9 Å². The van der Waals surface area contributed by atoms with Crippen LogP contribution in [0.15, 0.2) is 91.0 Å². The monoisotopic (exact) mass is 448 g/mol. The number of amides is 1. The molecule has 1 heterocycles. The molecule has 172 valence electrons. The highest BCUT2D eigenvalue weighted by Gasteiger charge is 2.23. The van der Waals surface area contributed by atoms with Crippen molar-refractivity contribution in [2.24, 2.45) is 5.92 Å². The average Bonchev–Trinajstić information content (AvgIpc) is 3.26. The topological polar surface area (TPSA) is 34.0 Å². The molecule has 0 fully saturated rings. The van der Waals surface area contributed by atoms with E-state index in [0.717, 1.165) is 24.4 Å². The number of benzene rings is 3. The van der Waals surface area contributed by atoms with Crippen molar-refractivity contribution in [1.29, 1.82) is 0 Å². The highest BCUT2D eigenvalue weighted by molar-refractivity contribution is 5.94. The van der Waals surface area contributed by atoms with Crippen LogP contribution in [-0.2, 0) is 12.8 Å². The summed E-state index contributed by atoms with van der Waals surface area (Å²) in [7, 11) is 0. The maximum Gasteiger partial charge on any atom is 0.251 e. The first-order valence-corrected chi connectivity index (χ1v) is 12.3. The fraction of sp³-hybridized carbons (Fsp3) is 0.258. The number of nitrogens with zero attached hydrogens (tertiary/aromatic N) is 1. The van der Waals surface area contributed by atoms with Crippen molar-refractivity contribution in [2.75, 3.05) is 6.54 Å². The average molecular weight is 449 g/mol. The molecule has 3 heteroatoms. The Labute approximate surface area is 202 Å². The Morgan fingerprint density at radius 3 is 2.35 bits per heavy atom. The molecule has 0 bridgehead atoms. The van der Waals surface area contributed by atoms with Gasteiger partial charge in [0.05, 0.1) is 5.69 Å². The van der Waals surface area contributed by atoms with Gasteiger partial charge in [-0.25, -0.2) is 0 Å². The summed E-state index contributed by atoms with van der Waals surface area (Å²) in [5.41, 5.74) is 8.36. The first-order valence-electron chi connectivity index (χ1n) is 12.3. The molecule has 5 rings (SSSR count). The first-order chi connectivity index (χ1) is 16.6. The normalized spacial score (nSPS) is 16.0. The molecular weight excluding hydrogens is 416 g/mol. The molecule has 0 unspecified atom stereocenters. The molecule has 0 radical (unpaired) electrons. The van der Waals surface area contributed by atoms with Crippen molar-refractivity contribution in [3.05, 3.63) is 113 Å². The molecule has 0 saturated carbocycles. The van der Waals surface area contributed by atoms with Gasteiger partial charge in [-0.05, 0) is 78.1 Å². The lowest BCUT2D eigenvalue weighted by Gasteiger charge is -2.21. The zero-order valence-corrected chi connectivity index (χ0v) is 20.0. The molecule has 1 aliphatic carbocycles. The Morgan fingerprint density at radius 1 is 0.971 bits per heavy atom. The van der Waals surface area contributed by atoms with Crippen LogP contribution in [0.4, 0.5) is 0 Å². The smallest absolute Gasteiger partial charge is 0.251 e. The quantitative estimate of drug-likeness (QED) is 0.346. The van der Waals surface area contributed by atoms with E-state index < -0.39 is 0 Å². The summed E-state index contributed by atoms with van der Waals surface area (Å²) in [6.07, 6.45) is 3.43. The van der Waals surface area contributed by atoms with Gasteiger partial charge in [0.2, 0.25) is 0 Å². The van der Waals surface area contributed by atoms with Crippen LogP contribution in [-0.4, -0.2) is 17.0 Å². The molecule has 0 aliphatic heterocycles. The molecule has 34 heavy (non-hydrogen) atoms. The van der Waals surface area contributed by atoms with E-state index in [1.165, 1.54) is 34.5 Å². The summed E-state index contributed by atoms with van der Waals surface area (Å²) in [5, 5.41) is 3.10. The third-order valence-corrected chi connectivity index (χ3v) is 7.03. The van der Waals surface area contributed by atoms with Gasteiger partial charge in [-0.2, -0.15) is 0 Å². The van der Waals surface area contributed by atoms with Crippen molar-refractivity contribution >= 4 is 5.91 Å². The maximum atomic E-state index is 12.8. The molecule has 1 aromatic heterocycles. The lowest BCUT2D eigenvalue weighted by Crippen LogP contribution is -2.27. The molecular formula is C31H32N2O. The van der Waals surface area contributed by atoms with E-state index in [-0.39, 0.29) is 11.8 Å². The summed E-state index contributed by atoms with van der Waals surface area (Å²) in [5.74, 6) is 0.962. The third-order valence-electron chi connectivity index (χ3n) is 7.03. The number of carbonyl (C=O) groups excluding carboxylic acids is 1. The van der Waals surface area contributed by atoms with E-state index in [1.807, 2.05) is 30.3 Å². The number of fused-ring (bicyclic) bond motifs is 1. The van der Waals surface area contributed by atoms with Crippen molar-refractivity contribution in [1.82, 2.24) is 9.88 Å². The zero-order valence-electron chi connectivity index (χ0n) is 20.0. The van der Waals surface area contributed by atoms with Gasteiger partial charge in [0.1, 0.15) is 0 Å². The summed E-state index contributed by atoms with van der Waals surface area (Å²) >= 11 is 0. The summed E-state index contributed by atoms with van der Waals surface area (Å²) in [6, 6.07) is 31.3. The van der Waals surface area contributed by atoms with Gasteiger partial charge < -0.3 is 9.88 Å². The Balaban J connectivity index is 1.38. The minimum atomic E-state index is -0.0269. The van der Waals surface area contributed by atoms with Gasteiger partial charge in [0.25, 0.3) is 5.91 Å². The highest BCUT2D eigenvalue weighted by atomic mass is 16.1. The van der Waals surface area contributed by atoms with E-state index in [1.54, 1.807) is 0 Å². The van der Waals surface area contributed by atoms with Gasteiger partial charge in [-0.15, -0.1) is 0 Å². The van der Waals surface area contributed by atoms with E-state index >= 15 is 0 Å². The number of nitrogens with one attached hydrogen (secondary N) is 1. The van der Waals surface area contributed by atoms with Crippen LogP contribution in [0.5, 0.6) is 0 Å². The van der Waals surface area contributed by atoms with Gasteiger partial charge in [0, 0.05) is 23.5 Å². The van der Waals surface area contributed by atoms with E-state index in [4.69, 9.17) is 0 Å². The maximum absolute atomic E-state index is 12.8. The van der Waals surface area contributed by atoms with Crippen molar-refractivity contribution < 1.29 is 4.79 Å². The molecule has 4 aromatic rings. The van der Waals surface area contributed by atoms with Crippen LogP contribution in [0.3, 0.4) is 0 Å². The van der Waals surface area contributed by atoms with E-state index in [9.17, 15) is 4.79 Å². The van der Waals surface area contributed by atoms with Gasteiger partial charge in [0.15, 0.2) is 0 Å². The molecule has 1 amide bonds. The van der Waals surface area contributed by atoms with Crippen LogP contribution in [0.2, 0.25) is 0 Å². The minimum absolute atomic E-state index is 0.0269. The van der Waals surface area contributed by atoms with E-state index in [0.29, 0.717) is 12.1 Å². The Bertz CT molecular complexity index is 1260. The van der Waals surface area contributed by atoms with Crippen LogP contribution in [0.25, 0.3) is 16.9 Å². The minimum Gasteiger partial charge on any atom is -0.351 e. The SMILES string of the molecule is C[C@@H]1CCc2c(cc(-c3ccccc3)n2-c2ccc(C(=O)NC[C@@H](C)c3ccccc3)cc2)C1. The van der Waals surface area contributed by atoms with Gasteiger partial charge >= 0.3 is 0 Å². The predicted octanol–water partition coefficient (Wildman–Crippen LogP) is 6.80. The number of aromatic nitrogens is 1. The lowest BCUT2D eigenvalue weighted by molar-refractivity contribution is 0.0951. The van der Waals surface area contributed by atoms with Gasteiger partial charge in [-0.3, -0.25) is 4.79 Å². The number of hydrogen-bond donors (Lipinski definition) is 1. The molecule has 1 N–H and O–H groups in total. The Morgan fingerprint density at radius 2 is 1.65 bits per heavy atom. The largest absolute Gasteiger partial charge is 0.351 e. The van der Waals surface area contributed by atoms with Crippen LogP contribution in [0, 0.1) is 5.92 Å². The second-order valence-corrected chi connectivity index (χ2v) is 9.62. The summed E-state index contributed by atoms with van der Waals surface area (Å²) < 4.78 is 2.40. The number of rotatable bonds is 6. The summed E-state index contributed by atoms with van der Waals surface area (Å²) in [6.45, 7) is 5.10. The predicted molar refractivity (Wildman–Crippen MR) is 140 cm³/mol. The van der Waals surface area contributed by atoms with Crippen molar-refractivity contribution in [3.63, 3.8) is 0 Å². The third kappa shape index (κ3) is 4.56. The zero-order chi connectivity index (χ0) is 23.5. The van der Waals surface area contributed by atoms with Crippen LogP contribution in [0.1, 0.15) is 53.4 Å². The Hall–Kier alpha value is -3.59. The van der Waals surface area contributed by atoms with Crippen LogP contribution >= 0.6 is 0 Å². The van der Waals surface area contributed by atoms with Gasteiger partial charge in [-0.1, -0.05) is 74.5 Å². The second kappa shape index (κ2) is 9.72. The molecule has 0 saturated heterocycles. The molecule has 1 aliphatic rings. The standard InChI is InChI=1S/C31H32N2O/c1-22-13-18-29-27(19-22)20-30(25-11-7-4-8-12-25)33(29)28-16-14-26(15-17-28)31(34)32-21-23(2)24-9-5-3-6-10-24/h3-12,14-17,20,22-23H,13,18-19,21H2,1-2H3,(H,32,34)/t22-,23-/m1/s1. The fourth-order valence-corrected chi connectivity index (χ4v) is 5.04. The van der Waals surface area contributed by atoms with E-state index in [2.05, 4.69) is 84.4 Å². The Kier molecular flexibility index (Phi) is 6.35. The second-order valence-electron chi connectivity index (χ2n) is 9.62. The molecule has 3 aromatic carbocycles. The first kappa shape index (κ1) is 22.2. The molecule has 2 atom stereocenters. The molecule has 0 spiro atoms. The van der Waals surface area contributed by atoms with Crippen molar-refractivity contribution in [2.45, 2.75) is 39.0 Å². The highest BCUT2D eigenvalue weighted by Crippen LogP contribution is 2.35. The summed E-state index contributed by atoms with van der Waals surface area (Å²) in [4.78, 5) is 12.8. The number of carbonyl (C=O) groups is 1. The van der Waals surface area contributed by atoms with Crippen LogP contribution < -0.4 is 5.32 Å². The lowest BCUT2D eigenvalue weighted by atomic mass is 9.89. The fourth-order valence-electron chi connectivity index (χ4n) is 5.04. The number of hydrogen-bond acceptors (Lipinski definition) is 1.